The highest BCUT2D eigenvalue weighted by molar-refractivity contribution is 7.18. The quantitative estimate of drug-likeness (QED) is 0.469. The maximum atomic E-state index is 11.5. The van der Waals surface area contributed by atoms with Gasteiger partial charge in [-0.15, -0.1) is 11.3 Å². The van der Waals surface area contributed by atoms with Crippen molar-refractivity contribution in [3.05, 3.63) is 10.9 Å². The molecule has 2 aromatic heterocycles. The first kappa shape index (κ1) is 14.5. The van der Waals surface area contributed by atoms with Crippen LogP contribution in [0.2, 0.25) is 0 Å². The van der Waals surface area contributed by atoms with Crippen LogP contribution in [0.1, 0.15) is 18.7 Å². The zero-order chi connectivity index (χ0) is 14.5. The van der Waals surface area contributed by atoms with Crippen LogP contribution in [0.4, 0.5) is 11.8 Å². The first-order valence-electron chi connectivity index (χ1n) is 6.45. The highest BCUT2D eigenvalue weighted by Crippen LogP contribution is 2.30. The molecule has 0 aromatic carbocycles. The van der Waals surface area contributed by atoms with Gasteiger partial charge < -0.3 is 10.6 Å². The highest BCUT2D eigenvalue weighted by atomic mass is 32.1. The number of rotatable bonds is 6. The zero-order valence-corrected chi connectivity index (χ0v) is 12.3. The molecule has 0 saturated heterocycles. The van der Waals surface area contributed by atoms with Crippen LogP contribution < -0.4 is 21.9 Å². The largest absolute Gasteiger partial charge is 0.360 e. The summed E-state index contributed by atoms with van der Waals surface area (Å²) in [6.45, 7) is 4.74. The van der Waals surface area contributed by atoms with Gasteiger partial charge in [0.25, 0.3) is 0 Å². The van der Waals surface area contributed by atoms with Crippen LogP contribution in [0.25, 0.3) is 10.2 Å². The Balaban J connectivity index is 2.29. The lowest BCUT2D eigenvalue weighted by Gasteiger charge is -2.08. The fourth-order valence-electron chi connectivity index (χ4n) is 1.77. The van der Waals surface area contributed by atoms with Gasteiger partial charge in [-0.05, 0) is 19.4 Å². The number of nitrogen functional groups attached to an aromatic ring is 1. The fraction of sp³-hybridized carbons (Fsp3) is 0.417. The standard InChI is InChI=1S/C12H18N6OS/c1-3-7-5-8-10(15-6-9(19)14-4-2)16-12(18-13)17-11(8)20-7/h5H,3-4,6,13H2,1-2H3,(H,14,19)(H2,15,16,17,18). The first-order chi connectivity index (χ1) is 9.67. The number of anilines is 2. The molecule has 0 aliphatic carbocycles. The molecule has 1 amide bonds. The Hall–Kier alpha value is -1.93. The topological polar surface area (TPSA) is 105 Å². The van der Waals surface area contributed by atoms with E-state index in [0.717, 1.165) is 16.6 Å². The van der Waals surface area contributed by atoms with Crippen molar-refractivity contribution in [3.63, 3.8) is 0 Å². The second-order valence-corrected chi connectivity index (χ2v) is 5.25. The number of carbonyl (C=O) groups excluding carboxylic acids is 1. The van der Waals surface area contributed by atoms with Crippen LogP contribution in [0.3, 0.4) is 0 Å². The molecular weight excluding hydrogens is 276 g/mol. The molecule has 8 heteroatoms. The summed E-state index contributed by atoms with van der Waals surface area (Å²) in [5.74, 6) is 6.25. The minimum absolute atomic E-state index is 0.0764. The summed E-state index contributed by atoms with van der Waals surface area (Å²) in [7, 11) is 0. The molecule has 20 heavy (non-hydrogen) atoms. The number of aromatic nitrogens is 2. The van der Waals surface area contributed by atoms with Gasteiger partial charge >= 0.3 is 0 Å². The van der Waals surface area contributed by atoms with Gasteiger partial charge in [-0.25, -0.2) is 10.8 Å². The van der Waals surface area contributed by atoms with Gasteiger partial charge in [-0.2, -0.15) is 4.98 Å². The van der Waals surface area contributed by atoms with Crippen LogP contribution in [-0.4, -0.2) is 29.0 Å². The smallest absolute Gasteiger partial charge is 0.240 e. The van der Waals surface area contributed by atoms with E-state index in [-0.39, 0.29) is 12.5 Å². The highest BCUT2D eigenvalue weighted by Gasteiger charge is 2.11. The predicted octanol–water partition coefficient (Wildman–Crippen LogP) is 1.09. The van der Waals surface area contributed by atoms with Gasteiger partial charge in [0.1, 0.15) is 10.6 Å². The number of nitrogens with two attached hydrogens (primary N) is 1. The molecule has 7 nitrogen and oxygen atoms in total. The molecule has 2 aromatic rings. The number of hydrogen-bond acceptors (Lipinski definition) is 7. The third-order valence-electron chi connectivity index (χ3n) is 2.71. The SMILES string of the molecule is CCNC(=O)CNc1nc(NN)nc2sc(CC)cc12. The van der Waals surface area contributed by atoms with E-state index in [4.69, 9.17) is 5.84 Å². The summed E-state index contributed by atoms with van der Waals surface area (Å²) < 4.78 is 0. The van der Waals surface area contributed by atoms with Crippen molar-refractivity contribution in [2.24, 2.45) is 5.84 Å². The Morgan fingerprint density at radius 1 is 1.40 bits per heavy atom. The number of likely N-dealkylation sites (N-methyl/N-ethyl adjacent to an activating group) is 1. The third kappa shape index (κ3) is 3.14. The van der Waals surface area contributed by atoms with E-state index in [0.29, 0.717) is 18.3 Å². The summed E-state index contributed by atoms with van der Waals surface area (Å²) in [6, 6.07) is 2.04. The Labute approximate surface area is 121 Å². The van der Waals surface area contributed by atoms with Crippen molar-refractivity contribution in [2.75, 3.05) is 23.8 Å². The van der Waals surface area contributed by atoms with E-state index in [2.05, 4.69) is 33.0 Å². The van der Waals surface area contributed by atoms with E-state index in [1.54, 1.807) is 11.3 Å². The molecule has 5 N–H and O–H groups in total. The van der Waals surface area contributed by atoms with E-state index < -0.39 is 0 Å². The molecule has 2 heterocycles. The zero-order valence-electron chi connectivity index (χ0n) is 11.5. The molecule has 0 aliphatic rings. The number of aryl methyl sites for hydroxylation is 1. The number of nitrogens with one attached hydrogen (secondary N) is 3. The maximum Gasteiger partial charge on any atom is 0.240 e. The molecule has 0 spiro atoms. The summed E-state index contributed by atoms with van der Waals surface area (Å²) in [4.78, 5) is 22.2. The first-order valence-corrected chi connectivity index (χ1v) is 7.27. The Morgan fingerprint density at radius 2 is 2.20 bits per heavy atom. The fourth-order valence-corrected chi connectivity index (χ4v) is 2.74. The van der Waals surface area contributed by atoms with E-state index in [1.807, 2.05) is 13.0 Å². The molecule has 2 rings (SSSR count). The number of hydrogen-bond donors (Lipinski definition) is 4. The second kappa shape index (κ2) is 6.49. The average molecular weight is 294 g/mol. The van der Waals surface area contributed by atoms with E-state index >= 15 is 0 Å². The molecule has 0 unspecified atom stereocenters. The number of carbonyl (C=O) groups is 1. The number of nitrogens with zero attached hydrogens (tertiary/aromatic N) is 2. The van der Waals surface area contributed by atoms with Gasteiger partial charge in [-0.3, -0.25) is 10.2 Å². The lowest BCUT2D eigenvalue weighted by atomic mass is 10.3. The van der Waals surface area contributed by atoms with Gasteiger partial charge in [0, 0.05) is 11.4 Å². The average Bonchev–Trinajstić information content (AvgIpc) is 2.87. The number of amides is 1. The van der Waals surface area contributed by atoms with E-state index in [9.17, 15) is 4.79 Å². The molecule has 0 fully saturated rings. The van der Waals surface area contributed by atoms with Crippen molar-refractivity contribution >= 4 is 39.2 Å². The van der Waals surface area contributed by atoms with Crippen LogP contribution in [0.15, 0.2) is 6.07 Å². The van der Waals surface area contributed by atoms with Crippen molar-refractivity contribution in [3.8, 4) is 0 Å². The summed E-state index contributed by atoms with van der Waals surface area (Å²) >= 11 is 1.60. The summed E-state index contributed by atoms with van der Waals surface area (Å²) in [5.41, 5.74) is 2.44. The molecule has 0 aliphatic heterocycles. The monoisotopic (exact) mass is 294 g/mol. The third-order valence-corrected chi connectivity index (χ3v) is 3.88. The van der Waals surface area contributed by atoms with Crippen molar-refractivity contribution in [1.82, 2.24) is 15.3 Å². The van der Waals surface area contributed by atoms with Crippen LogP contribution in [0.5, 0.6) is 0 Å². The van der Waals surface area contributed by atoms with Gasteiger partial charge in [0.05, 0.1) is 11.9 Å². The Morgan fingerprint density at radius 3 is 2.85 bits per heavy atom. The summed E-state index contributed by atoms with van der Waals surface area (Å²) in [5, 5.41) is 6.67. The van der Waals surface area contributed by atoms with Gasteiger partial charge in [0.2, 0.25) is 11.9 Å². The lowest BCUT2D eigenvalue weighted by molar-refractivity contribution is -0.119. The maximum absolute atomic E-state index is 11.5. The van der Waals surface area contributed by atoms with Crippen molar-refractivity contribution in [1.29, 1.82) is 0 Å². The van der Waals surface area contributed by atoms with Crippen LogP contribution in [-0.2, 0) is 11.2 Å². The Bertz CT molecular complexity index is 611. The molecule has 0 atom stereocenters. The minimum atomic E-state index is -0.0764. The molecule has 0 saturated carbocycles. The number of hydrazine groups is 1. The normalized spacial score (nSPS) is 10.6. The number of thiophene rings is 1. The van der Waals surface area contributed by atoms with Crippen LogP contribution >= 0.6 is 11.3 Å². The van der Waals surface area contributed by atoms with Gasteiger partial charge in [-0.1, -0.05) is 6.92 Å². The van der Waals surface area contributed by atoms with Crippen molar-refractivity contribution in [2.45, 2.75) is 20.3 Å². The summed E-state index contributed by atoms with van der Waals surface area (Å²) in [6.07, 6.45) is 0.933. The van der Waals surface area contributed by atoms with Crippen LogP contribution in [0, 0.1) is 0 Å². The molecule has 0 bridgehead atoms. The lowest BCUT2D eigenvalue weighted by Crippen LogP contribution is -2.29. The van der Waals surface area contributed by atoms with Gasteiger partial charge in [0.15, 0.2) is 0 Å². The Kier molecular flexibility index (Phi) is 4.70. The van der Waals surface area contributed by atoms with E-state index in [1.165, 1.54) is 4.88 Å². The predicted molar refractivity (Wildman–Crippen MR) is 81.8 cm³/mol. The number of fused-ring (bicyclic) bond motifs is 1. The molecule has 108 valence electrons. The minimum Gasteiger partial charge on any atom is -0.360 e. The second-order valence-electron chi connectivity index (χ2n) is 4.13. The molecular formula is C12H18N6OS. The molecule has 0 radical (unpaired) electrons. The van der Waals surface area contributed by atoms with Crippen molar-refractivity contribution < 1.29 is 4.79 Å².